The van der Waals surface area contributed by atoms with Gasteiger partial charge in [0.15, 0.2) is 0 Å². The molecular weight excluding hydrogens is 328 g/mol. The average Bonchev–Trinajstić information content (AvgIpc) is 3.04. The van der Waals surface area contributed by atoms with Gasteiger partial charge in [0.2, 0.25) is 5.91 Å². The second-order valence-corrected chi connectivity index (χ2v) is 6.61. The summed E-state index contributed by atoms with van der Waals surface area (Å²) in [5, 5.41) is 5.41. The molecule has 1 heterocycles. The van der Waals surface area contributed by atoms with Gasteiger partial charge >= 0.3 is 6.03 Å². The zero-order chi connectivity index (χ0) is 18.5. The number of urea groups is 1. The quantitative estimate of drug-likeness (QED) is 0.788. The van der Waals surface area contributed by atoms with Crippen LogP contribution in [0.1, 0.15) is 18.4 Å². The van der Waals surface area contributed by atoms with Crippen LogP contribution in [0.15, 0.2) is 60.7 Å². The van der Waals surface area contributed by atoms with Gasteiger partial charge in [-0.3, -0.25) is 4.79 Å². The number of rotatable bonds is 4. The van der Waals surface area contributed by atoms with Gasteiger partial charge < -0.3 is 21.3 Å². The van der Waals surface area contributed by atoms with Crippen LogP contribution in [0.3, 0.4) is 0 Å². The Morgan fingerprint density at radius 1 is 1.04 bits per heavy atom. The maximum atomic E-state index is 12.7. The zero-order valence-electron chi connectivity index (χ0n) is 14.8. The van der Waals surface area contributed by atoms with E-state index in [4.69, 9.17) is 5.73 Å². The SMILES string of the molecule is CC(NC(=O)Nc1ccccc1)C(=O)N1C[C@@H](N)[C@H](c2ccccc2)C1. The molecular formula is C20H24N4O2. The van der Waals surface area contributed by atoms with Gasteiger partial charge in [0.05, 0.1) is 0 Å². The van der Waals surface area contributed by atoms with Crippen LogP contribution < -0.4 is 16.4 Å². The van der Waals surface area contributed by atoms with Crippen LogP contribution in [0.4, 0.5) is 10.5 Å². The smallest absolute Gasteiger partial charge is 0.319 e. The number of benzene rings is 2. The summed E-state index contributed by atoms with van der Waals surface area (Å²) < 4.78 is 0. The second-order valence-electron chi connectivity index (χ2n) is 6.61. The van der Waals surface area contributed by atoms with E-state index in [0.29, 0.717) is 18.8 Å². The fraction of sp³-hybridized carbons (Fsp3) is 0.300. The first-order valence-electron chi connectivity index (χ1n) is 8.76. The molecule has 1 aliphatic rings. The van der Waals surface area contributed by atoms with Crippen molar-refractivity contribution in [1.82, 2.24) is 10.2 Å². The normalized spacial score (nSPS) is 20.5. The summed E-state index contributed by atoms with van der Waals surface area (Å²) >= 11 is 0. The number of amides is 3. The maximum absolute atomic E-state index is 12.7. The fourth-order valence-corrected chi connectivity index (χ4v) is 3.28. The van der Waals surface area contributed by atoms with E-state index < -0.39 is 12.1 Å². The predicted molar refractivity (Wildman–Crippen MR) is 102 cm³/mol. The molecule has 2 aromatic carbocycles. The molecule has 1 unspecified atom stereocenters. The van der Waals surface area contributed by atoms with Crippen LogP contribution in [0.25, 0.3) is 0 Å². The fourth-order valence-electron chi connectivity index (χ4n) is 3.28. The number of nitrogens with zero attached hydrogens (tertiary/aromatic N) is 1. The number of para-hydroxylation sites is 1. The Balaban J connectivity index is 1.56. The molecule has 136 valence electrons. The minimum Gasteiger partial charge on any atom is -0.339 e. The molecule has 6 nitrogen and oxygen atoms in total. The van der Waals surface area contributed by atoms with Crippen molar-refractivity contribution in [3.05, 3.63) is 66.2 Å². The monoisotopic (exact) mass is 352 g/mol. The van der Waals surface area contributed by atoms with Gasteiger partial charge in [-0.2, -0.15) is 0 Å². The van der Waals surface area contributed by atoms with Crippen LogP contribution in [0.2, 0.25) is 0 Å². The Bertz CT molecular complexity index is 751. The molecule has 4 N–H and O–H groups in total. The van der Waals surface area contributed by atoms with E-state index in [0.717, 1.165) is 5.56 Å². The Morgan fingerprint density at radius 3 is 2.31 bits per heavy atom. The lowest BCUT2D eigenvalue weighted by Crippen LogP contribution is -2.47. The summed E-state index contributed by atoms with van der Waals surface area (Å²) in [5.41, 5.74) is 8.06. The summed E-state index contributed by atoms with van der Waals surface area (Å²) in [6, 6.07) is 18.0. The van der Waals surface area contributed by atoms with Crippen molar-refractivity contribution in [1.29, 1.82) is 0 Å². The van der Waals surface area contributed by atoms with Crippen LogP contribution in [-0.4, -0.2) is 42.0 Å². The van der Waals surface area contributed by atoms with Crippen molar-refractivity contribution in [2.45, 2.75) is 24.9 Å². The van der Waals surface area contributed by atoms with E-state index in [2.05, 4.69) is 10.6 Å². The molecule has 0 saturated carbocycles. The third kappa shape index (κ3) is 4.21. The molecule has 0 aromatic heterocycles. The maximum Gasteiger partial charge on any atom is 0.319 e. The van der Waals surface area contributed by atoms with Gasteiger partial charge in [-0.05, 0) is 24.6 Å². The summed E-state index contributed by atoms with van der Waals surface area (Å²) in [6.07, 6.45) is 0. The van der Waals surface area contributed by atoms with Crippen LogP contribution in [0.5, 0.6) is 0 Å². The molecule has 1 fully saturated rings. The molecule has 6 heteroatoms. The predicted octanol–water partition coefficient (Wildman–Crippen LogP) is 2.15. The second kappa shape index (κ2) is 8.01. The molecule has 2 aromatic rings. The van der Waals surface area contributed by atoms with E-state index in [1.54, 1.807) is 24.0 Å². The minimum atomic E-state index is -0.625. The first kappa shape index (κ1) is 17.9. The molecule has 0 bridgehead atoms. The van der Waals surface area contributed by atoms with Gasteiger partial charge in [0.25, 0.3) is 0 Å². The van der Waals surface area contributed by atoms with Crippen molar-refractivity contribution in [2.24, 2.45) is 5.73 Å². The van der Waals surface area contributed by atoms with Crippen molar-refractivity contribution >= 4 is 17.6 Å². The number of nitrogens with one attached hydrogen (secondary N) is 2. The minimum absolute atomic E-state index is 0.105. The number of likely N-dealkylation sites (tertiary alicyclic amines) is 1. The number of carbonyl (C=O) groups excluding carboxylic acids is 2. The molecule has 0 aliphatic carbocycles. The molecule has 3 rings (SSSR count). The number of nitrogens with two attached hydrogens (primary N) is 1. The van der Waals surface area contributed by atoms with Gasteiger partial charge in [-0.15, -0.1) is 0 Å². The number of hydrogen-bond acceptors (Lipinski definition) is 3. The number of hydrogen-bond donors (Lipinski definition) is 3. The molecule has 3 amide bonds. The molecule has 3 atom stereocenters. The Kier molecular flexibility index (Phi) is 5.53. The highest BCUT2D eigenvalue weighted by molar-refractivity contribution is 5.93. The lowest BCUT2D eigenvalue weighted by molar-refractivity contribution is -0.131. The van der Waals surface area contributed by atoms with E-state index in [9.17, 15) is 9.59 Å². The van der Waals surface area contributed by atoms with E-state index in [-0.39, 0.29) is 17.9 Å². The molecule has 1 saturated heterocycles. The Labute approximate surface area is 153 Å². The first-order valence-corrected chi connectivity index (χ1v) is 8.76. The largest absolute Gasteiger partial charge is 0.339 e. The average molecular weight is 352 g/mol. The molecule has 0 spiro atoms. The summed E-state index contributed by atoms with van der Waals surface area (Å²) in [4.78, 5) is 26.5. The van der Waals surface area contributed by atoms with Crippen molar-refractivity contribution < 1.29 is 9.59 Å². The third-order valence-electron chi connectivity index (χ3n) is 4.65. The van der Waals surface area contributed by atoms with Crippen LogP contribution in [0, 0.1) is 0 Å². The summed E-state index contributed by atoms with van der Waals surface area (Å²) in [5.74, 6) is -0.00686. The van der Waals surface area contributed by atoms with E-state index >= 15 is 0 Å². The van der Waals surface area contributed by atoms with Gasteiger partial charge in [-0.1, -0.05) is 48.5 Å². The lowest BCUT2D eigenvalue weighted by atomic mass is 9.95. The standard InChI is InChI=1S/C20H24N4O2/c1-14(22-20(26)23-16-10-6-3-7-11-16)19(25)24-12-17(18(21)13-24)15-8-4-2-5-9-15/h2-11,14,17-18H,12-13,21H2,1H3,(H2,22,23,26)/t14?,17-,18+/m0/s1. The lowest BCUT2D eigenvalue weighted by Gasteiger charge is -2.22. The highest BCUT2D eigenvalue weighted by Crippen LogP contribution is 2.26. The highest BCUT2D eigenvalue weighted by Gasteiger charge is 2.35. The van der Waals surface area contributed by atoms with Crippen molar-refractivity contribution in [3.8, 4) is 0 Å². The topological polar surface area (TPSA) is 87.5 Å². The first-order chi connectivity index (χ1) is 12.5. The van der Waals surface area contributed by atoms with E-state index in [1.807, 2.05) is 48.5 Å². The van der Waals surface area contributed by atoms with Crippen molar-refractivity contribution in [3.63, 3.8) is 0 Å². The third-order valence-corrected chi connectivity index (χ3v) is 4.65. The van der Waals surface area contributed by atoms with Crippen molar-refractivity contribution in [2.75, 3.05) is 18.4 Å². The van der Waals surface area contributed by atoms with Gasteiger partial charge in [-0.25, -0.2) is 4.79 Å². The molecule has 0 radical (unpaired) electrons. The molecule has 1 aliphatic heterocycles. The summed E-state index contributed by atoms with van der Waals surface area (Å²) in [6.45, 7) is 2.75. The number of carbonyl (C=O) groups is 2. The van der Waals surface area contributed by atoms with Gasteiger partial charge in [0.1, 0.15) is 6.04 Å². The van der Waals surface area contributed by atoms with Crippen LogP contribution in [-0.2, 0) is 4.79 Å². The number of anilines is 1. The zero-order valence-corrected chi connectivity index (χ0v) is 14.8. The Morgan fingerprint density at radius 2 is 1.65 bits per heavy atom. The molecule has 26 heavy (non-hydrogen) atoms. The van der Waals surface area contributed by atoms with Gasteiger partial charge in [0, 0.05) is 30.7 Å². The highest BCUT2D eigenvalue weighted by atomic mass is 16.2. The van der Waals surface area contributed by atoms with Crippen LogP contribution >= 0.6 is 0 Å². The van der Waals surface area contributed by atoms with E-state index in [1.165, 1.54) is 0 Å². The Hall–Kier alpha value is -2.86. The summed E-state index contributed by atoms with van der Waals surface area (Å²) in [7, 11) is 0.